The second-order valence-electron chi connectivity index (χ2n) is 6.30. The summed E-state index contributed by atoms with van der Waals surface area (Å²) in [5.41, 5.74) is 0.651. The summed E-state index contributed by atoms with van der Waals surface area (Å²) in [5.74, 6) is 2.81. The molecule has 4 heterocycles. The third-order valence-corrected chi connectivity index (χ3v) is 4.60. The summed E-state index contributed by atoms with van der Waals surface area (Å²) in [7, 11) is 1.93. The highest BCUT2D eigenvalue weighted by Gasteiger charge is 2.30. The molecule has 3 aromatic heterocycles. The third-order valence-electron chi connectivity index (χ3n) is 4.60. The van der Waals surface area contributed by atoms with Crippen LogP contribution in [0.25, 0.3) is 11.7 Å². The van der Waals surface area contributed by atoms with E-state index in [0.717, 1.165) is 18.8 Å². The molecular weight excluding hydrogens is 322 g/mol. The second kappa shape index (κ2) is 6.19. The van der Waals surface area contributed by atoms with E-state index in [1.807, 2.05) is 23.4 Å². The Morgan fingerprint density at radius 3 is 3.04 bits per heavy atom. The Bertz CT molecular complexity index is 880. The number of likely N-dealkylation sites (tertiary alicyclic amines) is 1. The first kappa shape index (κ1) is 15.6. The Hall–Kier alpha value is -2.90. The maximum atomic E-state index is 12.6. The van der Waals surface area contributed by atoms with Crippen LogP contribution in [0.15, 0.2) is 33.6 Å². The van der Waals surface area contributed by atoms with Crippen LogP contribution in [0.1, 0.15) is 29.6 Å². The minimum Gasteiger partial charge on any atom is -0.459 e. The third kappa shape index (κ3) is 2.95. The fraction of sp³-hybridized carbons (Fsp3) is 0.412. The number of oxazole rings is 1. The highest BCUT2D eigenvalue weighted by Crippen LogP contribution is 2.27. The van der Waals surface area contributed by atoms with Gasteiger partial charge in [-0.05, 0) is 25.5 Å². The number of aromatic nitrogens is 4. The average Bonchev–Trinajstić information content (AvgIpc) is 3.34. The average molecular weight is 341 g/mol. The molecule has 1 atom stereocenters. The summed E-state index contributed by atoms with van der Waals surface area (Å²) in [4.78, 5) is 18.9. The smallest absolute Gasteiger partial charge is 0.263 e. The molecule has 1 saturated heterocycles. The summed E-state index contributed by atoms with van der Waals surface area (Å²) in [6, 6.07) is 3.55. The van der Waals surface area contributed by atoms with Gasteiger partial charge < -0.3 is 18.3 Å². The Balaban J connectivity index is 1.44. The van der Waals surface area contributed by atoms with Gasteiger partial charge in [0.25, 0.3) is 5.89 Å². The number of hydrogen-bond acceptors (Lipinski definition) is 6. The first-order valence-electron chi connectivity index (χ1n) is 8.23. The van der Waals surface area contributed by atoms with Crippen LogP contribution in [0.5, 0.6) is 0 Å². The van der Waals surface area contributed by atoms with E-state index in [1.165, 1.54) is 0 Å². The zero-order valence-electron chi connectivity index (χ0n) is 14.2. The molecule has 4 rings (SSSR count). The summed E-state index contributed by atoms with van der Waals surface area (Å²) in [5, 5.41) is 8.08. The molecule has 1 aliphatic rings. The quantitative estimate of drug-likeness (QED) is 0.720. The monoisotopic (exact) mass is 341 g/mol. The van der Waals surface area contributed by atoms with Crippen LogP contribution in [0.2, 0.25) is 0 Å². The van der Waals surface area contributed by atoms with Gasteiger partial charge in [-0.2, -0.15) is 0 Å². The van der Waals surface area contributed by atoms with Gasteiger partial charge in [0.05, 0.1) is 18.4 Å². The molecule has 1 aliphatic heterocycles. The SMILES string of the molecule is Cc1oc(-c2ccco2)nc1CC(=O)N1CCC(c2nncn2C)C1. The van der Waals surface area contributed by atoms with Crippen LogP contribution < -0.4 is 0 Å². The largest absolute Gasteiger partial charge is 0.459 e. The van der Waals surface area contributed by atoms with Crippen molar-refractivity contribution >= 4 is 5.91 Å². The van der Waals surface area contributed by atoms with E-state index in [9.17, 15) is 4.79 Å². The van der Waals surface area contributed by atoms with Crippen molar-refractivity contribution in [3.8, 4) is 11.7 Å². The van der Waals surface area contributed by atoms with Crippen LogP contribution in [-0.4, -0.2) is 43.6 Å². The van der Waals surface area contributed by atoms with Crippen molar-refractivity contribution in [2.24, 2.45) is 7.05 Å². The fourth-order valence-corrected chi connectivity index (χ4v) is 3.21. The molecule has 25 heavy (non-hydrogen) atoms. The summed E-state index contributed by atoms with van der Waals surface area (Å²) < 4.78 is 12.8. The van der Waals surface area contributed by atoms with E-state index in [0.29, 0.717) is 29.6 Å². The van der Waals surface area contributed by atoms with E-state index >= 15 is 0 Å². The van der Waals surface area contributed by atoms with Gasteiger partial charge in [-0.15, -0.1) is 10.2 Å². The molecule has 1 amide bonds. The highest BCUT2D eigenvalue weighted by molar-refractivity contribution is 5.79. The van der Waals surface area contributed by atoms with Crippen LogP contribution in [-0.2, 0) is 18.3 Å². The van der Waals surface area contributed by atoms with E-state index in [4.69, 9.17) is 8.83 Å². The van der Waals surface area contributed by atoms with Gasteiger partial charge in [-0.1, -0.05) is 0 Å². The summed E-state index contributed by atoms with van der Waals surface area (Å²) >= 11 is 0. The lowest BCUT2D eigenvalue weighted by molar-refractivity contribution is -0.129. The minimum atomic E-state index is 0.0482. The van der Waals surface area contributed by atoms with Crippen LogP contribution in [0.3, 0.4) is 0 Å². The van der Waals surface area contributed by atoms with Crippen LogP contribution in [0, 0.1) is 6.92 Å². The molecular formula is C17H19N5O3. The van der Waals surface area contributed by atoms with Crippen molar-refractivity contribution in [1.29, 1.82) is 0 Å². The van der Waals surface area contributed by atoms with E-state index < -0.39 is 0 Å². The van der Waals surface area contributed by atoms with Crippen LogP contribution >= 0.6 is 0 Å². The number of furan rings is 1. The molecule has 0 radical (unpaired) electrons. The Labute approximate surface area is 144 Å². The molecule has 0 aliphatic carbocycles. The number of amides is 1. The lowest BCUT2D eigenvalue weighted by Gasteiger charge is -2.15. The second-order valence-corrected chi connectivity index (χ2v) is 6.30. The van der Waals surface area contributed by atoms with Gasteiger partial charge in [0.1, 0.15) is 17.9 Å². The molecule has 0 bridgehead atoms. The molecule has 1 fully saturated rings. The number of carbonyl (C=O) groups is 1. The Kier molecular flexibility index (Phi) is 3.87. The number of nitrogens with zero attached hydrogens (tertiary/aromatic N) is 5. The molecule has 0 spiro atoms. The van der Waals surface area contributed by atoms with Crippen molar-refractivity contribution in [2.75, 3.05) is 13.1 Å². The normalized spacial score (nSPS) is 17.4. The molecule has 130 valence electrons. The lowest BCUT2D eigenvalue weighted by Crippen LogP contribution is -2.30. The number of aryl methyl sites for hydroxylation is 2. The van der Waals surface area contributed by atoms with Gasteiger partial charge in [0.2, 0.25) is 5.91 Å². The number of hydrogen-bond donors (Lipinski definition) is 0. The van der Waals surface area contributed by atoms with E-state index in [-0.39, 0.29) is 18.2 Å². The van der Waals surface area contributed by atoms with Crippen LogP contribution in [0.4, 0.5) is 0 Å². The standard InChI is InChI=1S/C17H19N5O3/c1-11-13(19-17(25-11)14-4-3-7-24-14)8-15(23)22-6-5-12(9-22)16-20-18-10-21(16)2/h3-4,7,10,12H,5-6,8-9H2,1-2H3. The maximum absolute atomic E-state index is 12.6. The highest BCUT2D eigenvalue weighted by atomic mass is 16.4. The van der Waals surface area contributed by atoms with Crippen molar-refractivity contribution in [3.63, 3.8) is 0 Å². The van der Waals surface area contributed by atoms with Gasteiger partial charge in [-0.25, -0.2) is 4.98 Å². The Morgan fingerprint density at radius 2 is 2.32 bits per heavy atom. The molecule has 0 saturated carbocycles. The topological polar surface area (TPSA) is 90.2 Å². The first-order valence-corrected chi connectivity index (χ1v) is 8.23. The van der Waals surface area contributed by atoms with Gasteiger partial charge in [0, 0.05) is 26.1 Å². The number of carbonyl (C=O) groups excluding carboxylic acids is 1. The predicted octanol–water partition coefficient (Wildman–Crippen LogP) is 1.93. The van der Waals surface area contributed by atoms with E-state index in [2.05, 4.69) is 15.2 Å². The van der Waals surface area contributed by atoms with Crippen molar-refractivity contribution < 1.29 is 13.6 Å². The molecule has 8 heteroatoms. The van der Waals surface area contributed by atoms with Gasteiger partial charge >= 0.3 is 0 Å². The lowest BCUT2D eigenvalue weighted by atomic mass is 10.1. The molecule has 0 N–H and O–H groups in total. The molecule has 1 unspecified atom stereocenters. The molecule has 3 aromatic rings. The van der Waals surface area contributed by atoms with Crippen molar-refractivity contribution in [2.45, 2.75) is 25.7 Å². The maximum Gasteiger partial charge on any atom is 0.263 e. The van der Waals surface area contributed by atoms with Gasteiger partial charge in [-0.3, -0.25) is 4.79 Å². The zero-order chi connectivity index (χ0) is 17.4. The molecule has 8 nitrogen and oxygen atoms in total. The summed E-state index contributed by atoms with van der Waals surface area (Å²) in [6.45, 7) is 3.19. The van der Waals surface area contributed by atoms with Gasteiger partial charge in [0.15, 0.2) is 5.76 Å². The predicted molar refractivity (Wildman–Crippen MR) is 87.6 cm³/mol. The first-order chi connectivity index (χ1) is 12.1. The fourth-order valence-electron chi connectivity index (χ4n) is 3.21. The Morgan fingerprint density at radius 1 is 1.44 bits per heavy atom. The number of rotatable bonds is 4. The van der Waals surface area contributed by atoms with Crippen molar-refractivity contribution in [3.05, 3.63) is 42.0 Å². The van der Waals surface area contributed by atoms with E-state index in [1.54, 1.807) is 24.7 Å². The summed E-state index contributed by atoms with van der Waals surface area (Å²) in [6.07, 6.45) is 4.38. The minimum absolute atomic E-state index is 0.0482. The van der Waals surface area contributed by atoms with Crippen molar-refractivity contribution in [1.82, 2.24) is 24.6 Å². The zero-order valence-corrected chi connectivity index (χ0v) is 14.2. The molecule has 0 aromatic carbocycles.